The first-order chi connectivity index (χ1) is 16.1. The van der Waals surface area contributed by atoms with Crippen LogP contribution in [0.4, 0.5) is 0 Å². The minimum atomic E-state index is -0.348. The number of hydrogen-bond donors (Lipinski definition) is 0. The lowest BCUT2D eigenvalue weighted by molar-refractivity contribution is -0.135. The zero-order valence-electron chi connectivity index (χ0n) is 19.0. The van der Waals surface area contributed by atoms with Gasteiger partial charge in [-0.05, 0) is 36.6 Å². The van der Waals surface area contributed by atoms with E-state index in [0.717, 1.165) is 23.1 Å². The van der Waals surface area contributed by atoms with Crippen LogP contribution in [0, 0.1) is 6.92 Å². The van der Waals surface area contributed by atoms with Crippen molar-refractivity contribution in [2.75, 3.05) is 32.8 Å². The SMILES string of the molecule is Cc1ccc(OCC(=O)N2CCCN(C(=O)C(c3ccccc3)c3ccccc3)CC2)cc1. The molecule has 0 unspecified atom stereocenters. The maximum atomic E-state index is 13.7. The average Bonchev–Trinajstić information content (AvgIpc) is 3.11. The second-order valence-electron chi connectivity index (χ2n) is 8.42. The molecule has 1 aliphatic heterocycles. The monoisotopic (exact) mass is 442 g/mol. The number of carbonyl (C=O) groups excluding carboxylic acids is 2. The maximum absolute atomic E-state index is 13.7. The molecule has 1 saturated heterocycles. The minimum Gasteiger partial charge on any atom is -0.484 e. The van der Waals surface area contributed by atoms with E-state index in [4.69, 9.17) is 4.74 Å². The molecule has 2 amide bonds. The van der Waals surface area contributed by atoms with Crippen LogP contribution in [-0.4, -0.2) is 54.4 Å². The van der Waals surface area contributed by atoms with Gasteiger partial charge in [0.2, 0.25) is 5.91 Å². The highest BCUT2D eigenvalue weighted by Gasteiger charge is 2.29. The Morgan fingerprint density at radius 2 is 1.30 bits per heavy atom. The van der Waals surface area contributed by atoms with Crippen LogP contribution in [0.3, 0.4) is 0 Å². The Bertz CT molecular complexity index is 1010. The van der Waals surface area contributed by atoms with Crippen LogP contribution in [0.2, 0.25) is 0 Å². The lowest BCUT2D eigenvalue weighted by Crippen LogP contribution is -2.40. The molecule has 0 radical (unpaired) electrons. The quantitative estimate of drug-likeness (QED) is 0.573. The molecule has 4 rings (SSSR count). The zero-order chi connectivity index (χ0) is 23.0. The number of nitrogens with zero attached hydrogens (tertiary/aromatic N) is 2. The summed E-state index contributed by atoms with van der Waals surface area (Å²) < 4.78 is 5.67. The fourth-order valence-corrected chi connectivity index (χ4v) is 4.21. The van der Waals surface area contributed by atoms with Crippen molar-refractivity contribution in [3.05, 3.63) is 102 Å². The van der Waals surface area contributed by atoms with Gasteiger partial charge in [0.1, 0.15) is 5.75 Å². The predicted molar refractivity (Wildman–Crippen MR) is 129 cm³/mol. The van der Waals surface area contributed by atoms with Gasteiger partial charge >= 0.3 is 0 Å². The second kappa shape index (κ2) is 10.8. The Kier molecular flexibility index (Phi) is 7.40. The van der Waals surface area contributed by atoms with E-state index in [-0.39, 0.29) is 24.3 Å². The van der Waals surface area contributed by atoms with Crippen LogP contribution >= 0.6 is 0 Å². The van der Waals surface area contributed by atoms with Gasteiger partial charge in [-0.3, -0.25) is 9.59 Å². The number of amides is 2. The van der Waals surface area contributed by atoms with E-state index < -0.39 is 0 Å². The summed E-state index contributed by atoms with van der Waals surface area (Å²) in [7, 11) is 0. The van der Waals surface area contributed by atoms with E-state index in [1.165, 1.54) is 0 Å². The Morgan fingerprint density at radius 3 is 1.91 bits per heavy atom. The highest BCUT2D eigenvalue weighted by molar-refractivity contribution is 5.87. The smallest absolute Gasteiger partial charge is 0.260 e. The van der Waals surface area contributed by atoms with Crippen LogP contribution in [0.5, 0.6) is 5.75 Å². The van der Waals surface area contributed by atoms with Gasteiger partial charge in [-0.2, -0.15) is 0 Å². The standard InChI is InChI=1S/C28H30N2O3/c1-22-13-15-25(16-14-22)33-21-26(31)29-17-8-18-30(20-19-29)28(32)27(23-9-4-2-5-10-23)24-11-6-3-7-12-24/h2-7,9-16,27H,8,17-21H2,1H3. The molecule has 0 spiro atoms. The molecule has 33 heavy (non-hydrogen) atoms. The Morgan fingerprint density at radius 1 is 0.758 bits per heavy atom. The molecule has 1 aliphatic rings. The number of aryl methyl sites for hydroxylation is 1. The molecule has 0 saturated carbocycles. The highest BCUT2D eigenvalue weighted by Crippen LogP contribution is 2.27. The Hall–Kier alpha value is -3.60. The molecule has 0 bridgehead atoms. The third-order valence-electron chi connectivity index (χ3n) is 6.06. The van der Waals surface area contributed by atoms with E-state index in [9.17, 15) is 9.59 Å². The van der Waals surface area contributed by atoms with Crippen molar-refractivity contribution >= 4 is 11.8 Å². The summed E-state index contributed by atoms with van der Waals surface area (Å²) in [5.41, 5.74) is 3.12. The van der Waals surface area contributed by atoms with Crippen LogP contribution in [-0.2, 0) is 9.59 Å². The fourth-order valence-electron chi connectivity index (χ4n) is 4.21. The van der Waals surface area contributed by atoms with Crippen molar-refractivity contribution in [2.45, 2.75) is 19.3 Å². The van der Waals surface area contributed by atoms with Gasteiger partial charge in [0, 0.05) is 26.2 Å². The summed E-state index contributed by atoms with van der Waals surface area (Å²) in [6.45, 7) is 4.31. The molecule has 0 aliphatic carbocycles. The summed E-state index contributed by atoms with van der Waals surface area (Å²) in [6.07, 6.45) is 0.748. The molecule has 3 aromatic rings. The van der Waals surface area contributed by atoms with Crippen LogP contribution in [0.15, 0.2) is 84.9 Å². The summed E-state index contributed by atoms with van der Waals surface area (Å²) >= 11 is 0. The molecule has 3 aromatic carbocycles. The Labute approximate surface area is 195 Å². The minimum absolute atomic E-state index is 0.00760. The predicted octanol–water partition coefficient (Wildman–Crippen LogP) is 4.27. The lowest BCUT2D eigenvalue weighted by atomic mass is 9.90. The maximum Gasteiger partial charge on any atom is 0.260 e. The van der Waals surface area contributed by atoms with E-state index in [1.807, 2.05) is 102 Å². The van der Waals surface area contributed by atoms with E-state index >= 15 is 0 Å². The van der Waals surface area contributed by atoms with Gasteiger partial charge in [0.05, 0.1) is 5.92 Å². The molecule has 170 valence electrons. The van der Waals surface area contributed by atoms with Crippen LogP contribution < -0.4 is 4.74 Å². The normalized spacial score (nSPS) is 14.1. The van der Waals surface area contributed by atoms with Gasteiger partial charge in [0.25, 0.3) is 5.91 Å². The van der Waals surface area contributed by atoms with E-state index in [0.29, 0.717) is 31.9 Å². The first kappa shape index (κ1) is 22.6. The number of hydrogen-bond acceptors (Lipinski definition) is 3. The topological polar surface area (TPSA) is 49.9 Å². The first-order valence-electron chi connectivity index (χ1n) is 11.5. The van der Waals surface area contributed by atoms with Crippen molar-refractivity contribution < 1.29 is 14.3 Å². The molecule has 5 heteroatoms. The molecule has 1 fully saturated rings. The summed E-state index contributed by atoms with van der Waals surface area (Å²) in [5, 5.41) is 0. The molecular weight excluding hydrogens is 412 g/mol. The zero-order valence-corrected chi connectivity index (χ0v) is 19.0. The number of rotatable bonds is 6. The molecule has 1 heterocycles. The van der Waals surface area contributed by atoms with Gasteiger partial charge in [-0.1, -0.05) is 78.4 Å². The lowest BCUT2D eigenvalue weighted by Gasteiger charge is -2.27. The van der Waals surface area contributed by atoms with Gasteiger partial charge in [0.15, 0.2) is 6.61 Å². The number of carbonyl (C=O) groups is 2. The van der Waals surface area contributed by atoms with Crippen molar-refractivity contribution in [1.29, 1.82) is 0 Å². The third-order valence-corrected chi connectivity index (χ3v) is 6.06. The van der Waals surface area contributed by atoms with Gasteiger partial charge in [-0.15, -0.1) is 0 Å². The van der Waals surface area contributed by atoms with Crippen molar-refractivity contribution in [3.8, 4) is 5.75 Å². The first-order valence-corrected chi connectivity index (χ1v) is 11.5. The second-order valence-corrected chi connectivity index (χ2v) is 8.42. The summed E-state index contributed by atoms with van der Waals surface area (Å²) in [5.74, 6) is 0.374. The molecular formula is C28H30N2O3. The molecule has 5 nitrogen and oxygen atoms in total. The molecule has 0 aromatic heterocycles. The van der Waals surface area contributed by atoms with Crippen molar-refractivity contribution in [1.82, 2.24) is 9.80 Å². The fraction of sp³-hybridized carbons (Fsp3) is 0.286. The Balaban J connectivity index is 1.41. The summed E-state index contributed by atoms with van der Waals surface area (Å²) in [6, 6.07) is 27.5. The van der Waals surface area contributed by atoms with E-state index in [1.54, 1.807) is 0 Å². The van der Waals surface area contributed by atoms with Crippen LogP contribution in [0.1, 0.15) is 29.0 Å². The van der Waals surface area contributed by atoms with Crippen molar-refractivity contribution in [3.63, 3.8) is 0 Å². The average molecular weight is 443 g/mol. The molecule has 0 N–H and O–H groups in total. The third kappa shape index (κ3) is 5.80. The van der Waals surface area contributed by atoms with Gasteiger partial charge in [-0.25, -0.2) is 0 Å². The summed E-state index contributed by atoms with van der Waals surface area (Å²) in [4.78, 5) is 30.1. The largest absolute Gasteiger partial charge is 0.484 e. The van der Waals surface area contributed by atoms with Gasteiger partial charge < -0.3 is 14.5 Å². The van der Waals surface area contributed by atoms with Crippen LogP contribution in [0.25, 0.3) is 0 Å². The molecule has 0 atom stereocenters. The number of ether oxygens (including phenoxy) is 1. The highest BCUT2D eigenvalue weighted by atomic mass is 16.5. The van der Waals surface area contributed by atoms with E-state index in [2.05, 4.69) is 0 Å². The number of benzene rings is 3. The van der Waals surface area contributed by atoms with Crippen molar-refractivity contribution in [2.24, 2.45) is 0 Å².